The molecule has 2 heteroatoms. The average molecular weight is 196 g/mol. The van der Waals surface area contributed by atoms with Crippen molar-refractivity contribution in [1.82, 2.24) is 0 Å². The summed E-state index contributed by atoms with van der Waals surface area (Å²) in [5.41, 5.74) is -0.579. The van der Waals surface area contributed by atoms with Crippen LogP contribution in [0.5, 0.6) is 0 Å². The first-order valence-electron chi connectivity index (χ1n) is 5.76. The summed E-state index contributed by atoms with van der Waals surface area (Å²) in [7, 11) is 0. The van der Waals surface area contributed by atoms with Crippen LogP contribution in [0.2, 0.25) is 0 Å². The summed E-state index contributed by atoms with van der Waals surface area (Å²) in [5, 5.41) is 10.2. The first kappa shape index (κ1) is 10.2. The Labute approximate surface area is 85.7 Å². The summed E-state index contributed by atoms with van der Waals surface area (Å²) in [5.74, 6) is 1.32. The first-order valence-corrected chi connectivity index (χ1v) is 5.76. The van der Waals surface area contributed by atoms with Crippen molar-refractivity contribution < 1.29 is 9.90 Å². The molecule has 0 aromatic carbocycles. The maximum atomic E-state index is 11.9. The second-order valence-corrected chi connectivity index (χ2v) is 5.46. The molecule has 80 valence electrons. The van der Waals surface area contributed by atoms with Gasteiger partial charge in [-0.3, -0.25) is 4.79 Å². The molecule has 0 saturated heterocycles. The predicted octanol–water partition coefficient (Wildman–Crippen LogP) is 2.15. The van der Waals surface area contributed by atoms with Gasteiger partial charge in [0.1, 0.15) is 5.78 Å². The second-order valence-electron chi connectivity index (χ2n) is 5.46. The third-order valence-corrected chi connectivity index (χ3v) is 4.18. The lowest BCUT2D eigenvalue weighted by molar-refractivity contribution is -0.125. The number of hydrogen-bond acceptors (Lipinski definition) is 2. The topological polar surface area (TPSA) is 37.3 Å². The van der Waals surface area contributed by atoms with E-state index in [1.807, 2.05) is 6.92 Å². The maximum Gasteiger partial charge on any atom is 0.136 e. The standard InChI is InChI=1S/C12H20O2/c1-8-3-4-10-9(11(13)7-8)5-6-12(10,2)14/h8-10,14H,3-7H2,1-2H3/t8-,9-,10-,12-/m1/s1. The highest BCUT2D eigenvalue weighted by Crippen LogP contribution is 2.46. The zero-order chi connectivity index (χ0) is 10.3. The fourth-order valence-corrected chi connectivity index (χ4v) is 3.23. The van der Waals surface area contributed by atoms with Gasteiger partial charge in [-0.05, 0) is 44.4 Å². The molecule has 0 unspecified atom stereocenters. The van der Waals surface area contributed by atoms with Gasteiger partial charge in [0, 0.05) is 12.3 Å². The molecule has 0 aliphatic heterocycles. The van der Waals surface area contributed by atoms with E-state index in [0.717, 1.165) is 32.1 Å². The van der Waals surface area contributed by atoms with Crippen molar-refractivity contribution in [2.24, 2.45) is 17.8 Å². The van der Waals surface area contributed by atoms with Crippen LogP contribution in [-0.4, -0.2) is 16.5 Å². The van der Waals surface area contributed by atoms with Crippen molar-refractivity contribution in [2.75, 3.05) is 0 Å². The molecule has 2 nitrogen and oxygen atoms in total. The summed E-state index contributed by atoms with van der Waals surface area (Å²) in [6.07, 6.45) is 4.58. The van der Waals surface area contributed by atoms with Crippen molar-refractivity contribution in [3.05, 3.63) is 0 Å². The normalized spacial score (nSPS) is 48.8. The lowest BCUT2D eigenvalue weighted by atomic mass is 9.83. The minimum absolute atomic E-state index is 0.162. The molecule has 2 rings (SSSR count). The van der Waals surface area contributed by atoms with Gasteiger partial charge in [-0.2, -0.15) is 0 Å². The Morgan fingerprint density at radius 2 is 2.07 bits per heavy atom. The van der Waals surface area contributed by atoms with Crippen molar-refractivity contribution in [2.45, 2.75) is 51.6 Å². The summed E-state index contributed by atoms with van der Waals surface area (Å²) in [4.78, 5) is 11.9. The Morgan fingerprint density at radius 3 is 2.79 bits per heavy atom. The second kappa shape index (κ2) is 3.34. The molecule has 2 saturated carbocycles. The van der Waals surface area contributed by atoms with Crippen LogP contribution in [0.3, 0.4) is 0 Å². The number of carbonyl (C=O) groups is 1. The Hall–Kier alpha value is -0.370. The van der Waals surface area contributed by atoms with E-state index in [-0.39, 0.29) is 11.8 Å². The van der Waals surface area contributed by atoms with E-state index in [9.17, 15) is 9.90 Å². The minimum Gasteiger partial charge on any atom is -0.390 e. The Kier molecular flexibility index (Phi) is 2.42. The van der Waals surface area contributed by atoms with Crippen LogP contribution in [0.1, 0.15) is 46.0 Å². The highest BCUT2D eigenvalue weighted by atomic mass is 16.3. The summed E-state index contributed by atoms with van der Waals surface area (Å²) in [6, 6.07) is 0. The molecule has 0 radical (unpaired) electrons. The quantitative estimate of drug-likeness (QED) is 0.644. The highest BCUT2D eigenvalue weighted by Gasteiger charge is 2.47. The van der Waals surface area contributed by atoms with Gasteiger partial charge in [0.25, 0.3) is 0 Å². The van der Waals surface area contributed by atoms with Crippen molar-refractivity contribution in [1.29, 1.82) is 0 Å². The van der Waals surface area contributed by atoms with Crippen molar-refractivity contribution >= 4 is 5.78 Å². The SMILES string of the molecule is C[C@@H]1CC[C@@H]2[C@@H](CC[C@@]2(C)O)C(=O)C1. The van der Waals surface area contributed by atoms with Gasteiger partial charge in [-0.15, -0.1) is 0 Å². The molecule has 4 atom stereocenters. The molecule has 14 heavy (non-hydrogen) atoms. The number of hydrogen-bond donors (Lipinski definition) is 1. The molecule has 1 N–H and O–H groups in total. The van der Waals surface area contributed by atoms with E-state index >= 15 is 0 Å². The van der Waals surface area contributed by atoms with E-state index in [2.05, 4.69) is 6.92 Å². The fourth-order valence-electron chi connectivity index (χ4n) is 3.23. The van der Waals surface area contributed by atoms with Crippen LogP contribution in [0.4, 0.5) is 0 Å². The molecule has 2 fully saturated rings. The highest BCUT2D eigenvalue weighted by molar-refractivity contribution is 5.82. The van der Waals surface area contributed by atoms with E-state index < -0.39 is 5.60 Å². The third-order valence-electron chi connectivity index (χ3n) is 4.18. The van der Waals surface area contributed by atoms with Crippen LogP contribution >= 0.6 is 0 Å². The van der Waals surface area contributed by atoms with Crippen LogP contribution in [0.15, 0.2) is 0 Å². The van der Waals surface area contributed by atoms with Crippen LogP contribution in [0, 0.1) is 17.8 Å². The molecular formula is C12H20O2. The smallest absolute Gasteiger partial charge is 0.136 e. The maximum absolute atomic E-state index is 11.9. The minimum atomic E-state index is -0.579. The Bertz CT molecular complexity index is 245. The van der Waals surface area contributed by atoms with Crippen LogP contribution < -0.4 is 0 Å². The van der Waals surface area contributed by atoms with Gasteiger partial charge >= 0.3 is 0 Å². The largest absolute Gasteiger partial charge is 0.390 e. The Balaban J connectivity index is 2.19. The van der Waals surface area contributed by atoms with Crippen molar-refractivity contribution in [3.63, 3.8) is 0 Å². The van der Waals surface area contributed by atoms with E-state index in [1.54, 1.807) is 0 Å². The molecule has 0 heterocycles. The Morgan fingerprint density at radius 1 is 1.36 bits per heavy atom. The molecular weight excluding hydrogens is 176 g/mol. The number of fused-ring (bicyclic) bond motifs is 1. The van der Waals surface area contributed by atoms with Gasteiger partial charge in [-0.1, -0.05) is 6.92 Å². The molecule has 2 aliphatic carbocycles. The zero-order valence-electron chi connectivity index (χ0n) is 9.12. The summed E-state index contributed by atoms with van der Waals surface area (Å²) < 4.78 is 0. The summed E-state index contributed by atoms with van der Waals surface area (Å²) in [6.45, 7) is 4.05. The molecule has 0 spiro atoms. The van der Waals surface area contributed by atoms with Crippen molar-refractivity contribution in [3.8, 4) is 0 Å². The van der Waals surface area contributed by atoms with E-state index in [1.165, 1.54) is 0 Å². The summed E-state index contributed by atoms with van der Waals surface area (Å²) >= 11 is 0. The van der Waals surface area contributed by atoms with Gasteiger partial charge in [0.05, 0.1) is 5.60 Å². The molecule has 0 aromatic heterocycles. The lowest BCUT2D eigenvalue weighted by Gasteiger charge is -2.27. The number of aliphatic hydroxyl groups is 1. The zero-order valence-corrected chi connectivity index (χ0v) is 9.12. The lowest BCUT2D eigenvalue weighted by Crippen LogP contribution is -2.33. The fraction of sp³-hybridized carbons (Fsp3) is 0.917. The number of Topliss-reactive ketones (excluding diaryl/α,β-unsaturated/α-hetero) is 1. The monoisotopic (exact) mass is 196 g/mol. The molecule has 2 aliphatic rings. The third kappa shape index (κ3) is 1.60. The molecule has 0 aromatic rings. The average Bonchev–Trinajstić information content (AvgIpc) is 2.28. The van der Waals surface area contributed by atoms with Gasteiger partial charge in [0.2, 0.25) is 0 Å². The first-order chi connectivity index (χ1) is 6.50. The molecule has 0 amide bonds. The van der Waals surface area contributed by atoms with E-state index in [0.29, 0.717) is 11.7 Å². The van der Waals surface area contributed by atoms with Gasteiger partial charge in [0.15, 0.2) is 0 Å². The number of ketones is 1. The van der Waals surface area contributed by atoms with Gasteiger partial charge < -0.3 is 5.11 Å². The number of carbonyl (C=O) groups excluding carboxylic acids is 1. The van der Waals surface area contributed by atoms with Crippen LogP contribution in [0.25, 0.3) is 0 Å². The number of rotatable bonds is 0. The van der Waals surface area contributed by atoms with E-state index in [4.69, 9.17) is 0 Å². The van der Waals surface area contributed by atoms with Crippen LogP contribution in [-0.2, 0) is 4.79 Å². The predicted molar refractivity (Wildman–Crippen MR) is 54.9 cm³/mol. The van der Waals surface area contributed by atoms with Gasteiger partial charge in [-0.25, -0.2) is 0 Å². The molecule has 0 bridgehead atoms.